The Morgan fingerprint density at radius 2 is 2.00 bits per heavy atom. The Bertz CT molecular complexity index is 808. The topological polar surface area (TPSA) is 60.2 Å². The van der Waals surface area contributed by atoms with Crippen molar-refractivity contribution < 1.29 is 5.11 Å². The molecule has 2 N–H and O–H groups in total. The maximum absolute atomic E-state index is 10.4. The molecule has 126 valence electrons. The lowest BCUT2D eigenvalue weighted by atomic mass is 10.1. The second-order valence-corrected chi connectivity index (χ2v) is 8.49. The van der Waals surface area contributed by atoms with Gasteiger partial charge in [0.05, 0.1) is 17.8 Å². The maximum atomic E-state index is 10.4. The largest absolute Gasteiger partial charge is 0.510 e. The number of nitrogens with one attached hydrogen (secondary N) is 1. The Balaban J connectivity index is 1.94. The molecule has 1 aromatic carbocycles. The molecule has 3 rings (SSSR count). The number of nitrogens with zero attached hydrogens (tertiary/aromatic N) is 2. The summed E-state index contributed by atoms with van der Waals surface area (Å²) in [5.41, 5.74) is 2.53. The van der Waals surface area contributed by atoms with E-state index in [1.54, 1.807) is 0 Å². The van der Waals surface area contributed by atoms with Gasteiger partial charge in [-0.05, 0) is 25.0 Å². The van der Waals surface area contributed by atoms with E-state index in [0.717, 1.165) is 32.2 Å². The molecule has 4 nitrogen and oxygen atoms in total. The highest BCUT2D eigenvalue weighted by molar-refractivity contribution is 9.10. The molecule has 0 amide bonds. The second kappa shape index (κ2) is 6.69. The number of aromatic nitrogens is 1. The number of benzene rings is 1. The van der Waals surface area contributed by atoms with E-state index in [9.17, 15) is 5.11 Å². The quantitative estimate of drug-likeness (QED) is 0.743. The summed E-state index contributed by atoms with van der Waals surface area (Å²) in [4.78, 5) is 7.72. The van der Waals surface area contributed by atoms with Gasteiger partial charge >= 0.3 is 0 Å². The Hall–Kier alpha value is -1.66. The Kier molecular flexibility index (Phi) is 4.78. The van der Waals surface area contributed by atoms with E-state index in [2.05, 4.69) is 29.8 Å². The van der Waals surface area contributed by atoms with Crippen molar-refractivity contribution in [2.45, 2.75) is 20.8 Å². The van der Waals surface area contributed by atoms with Gasteiger partial charge in [-0.2, -0.15) is 0 Å². The van der Waals surface area contributed by atoms with E-state index < -0.39 is 0 Å². The zero-order valence-electron chi connectivity index (χ0n) is 13.9. The number of amidine groups is 1. The molecular weight excluding hydrogens is 386 g/mol. The van der Waals surface area contributed by atoms with E-state index >= 15 is 0 Å². The average Bonchev–Trinajstić information content (AvgIpc) is 3.00. The zero-order chi connectivity index (χ0) is 17.4. The average molecular weight is 406 g/mol. The standard InChI is InChI=1S/C18H20BrN3OS/c1-10(2)8-22-9-14(23)15(17(22)20)18-21-16(11(3)24-18)12-4-6-13(19)7-5-12/h4-7,10,20,23H,8-9H2,1-3H3. The van der Waals surface area contributed by atoms with Crippen molar-refractivity contribution in [3.05, 3.63) is 44.4 Å². The van der Waals surface area contributed by atoms with Gasteiger partial charge < -0.3 is 10.0 Å². The van der Waals surface area contributed by atoms with Crippen molar-refractivity contribution in [2.75, 3.05) is 13.1 Å². The first kappa shape index (κ1) is 17.2. The highest BCUT2D eigenvalue weighted by Gasteiger charge is 2.31. The minimum Gasteiger partial charge on any atom is -0.510 e. The lowest BCUT2D eigenvalue weighted by Gasteiger charge is -2.20. The van der Waals surface area contributed by atoms with Crippen LogP contribution in [0.2, 0.25) is 0 Å². The van der Waals surface area contributed by atoms with Crippen molar-refractivity contribution in [1.82, 2.24) is 9.88 Å². The molecule has 24 heavy (non-hydrogen) atoms. The van der Waals surface area contributed by atoms with Gasteiger partial charge in [0.25, 0.3) is 0 Å². The molecule has 0 spiro atoms. The Morgan fingerprint density at radius 1 is 1.33 bits per heavy atom. The van der Waals surface area contributed by atoms with Crippen molar-refractivity contribution >= 4 is 38.7 Å². The van der Waals surface area contributed by atoms with Crippen LogP contribution >= 0.6 is 27.3 Å². The van der Waals surface area contributed by atoms with Crippen molar-refractivity contribution in [3.8, 4) is 11.3 Å². The third-order valence-electron chi connectivity index (χ3n) is 3.90. The van der Waals surface area contributed by atoms with E-state index in [-0.39, 0.29) is 5.76 Å². The highest BCUT2D eigenvalue weighted by atomic mass is 79.9. The summed E-state index contributed by atoms with van der Waals surface area (Å²) < 4.78 is 1.03. The van der Waals surface area contributed by atoms with Crippen LogP contribution < -0.4 is 0 Å². The van der Waals surface area contributed by atoms with Crippen LogP contribution in [0.5, 0.6) is 0 Å². The fourth-order valence-corrected chi connectivity index (χ4v) is 4.10. The van der Waals surface area contributed by atoms with Gasteiger partial charge in [0, 0.05) is 21.5 Å². The fraction of sp³-hybridized carbons (Fsp3) is 0.333. The number of aryl methyl sites for hydroxylation is 1. The predicted octanol–water partition coefficient (Wildman–Crippen LogP) is 5.10. The van der Waals surface area contributed by atoms with Gasteiger partial charge in [0.1, 0.15) is 16.6 Å². The monoisotopic (exact) mass is 405 g/mol. The van der Waals surface area contributed by atoms with E-state index in [4.69, 9.17) is 10.4 Å². The molecule has 0 saturated heterocycles. The van der Waals surface area contributed by atoms with Gasteiger partial charge in [-0.25, -0.2) is 4.98 Å². The van der Waals surface area contributed by atoms with Gasteiger partial charge in [-0.3, -0.25) is 5.41 Å². The Morgan fingerprint density at radius 3 is 2.62 bits per heavy atom. The second-order valence-electron chi connectivity index (χ2n) is 6.38. The fourth-order valence-electron chi connectivity index (χ4n) is 2.83. The van der Waals surface area contributed by atoms with Crippen LogP contribution in [0.15, 0.2) is 34.5 Å². The molecule has 0 saturated carbocycles. The smallest absolute Gasteiger partial charge is 0.135 e. The van der Waals surface area contributed by atoms with Gasteiger partial charge in [-0.1, -0.05) is 41.9 Å². The van der Waals surface area contributed by atoms with Crippen LogP contribution in [-0.2, 0) is 0 Å². The third-order valence-corrected chi connectivity index (χ3v) is 5.41. The third kappa shape index (κ3) is 3.26. The summed E-state index contributed by atoms with van der Waals surface area (Å²) in [5, 5.41) is 19.5. The molecule has 6 heteroatoms. The molecule has 1 aromatic heterocycles. The van der Waals surface area contributed by atoms with Crippen LogP contribution in [0, 0.1) is 18.3 Å². The SMILES string of the molecule is Cc1sc(C2=C(O)CN(CC(C)C)C2=N)nc1-c1ccc(Br)cc1. The number of aliphatic hydroxyl groups is 1. The van der Waals surface area contributed by atoms with Gasteiger partial charge in [0.15, 0.2) is 0 Å². The molecule has 0 fully saturated rings. The highest BCUT2D eigenvalue weighted by Crippen LogP contribution is 2.35. The molecule has 1 aliphatic heterocycles. The normalized spacial score (nSPS) is 15.0. The lowest BCUT2D eigenvalue weighted by molar-refractivity contribution is 0.329. The van der Waals surface area contributed by atoms with Crippen LogP contribution in [0.25, 0.3) is 16.8 Å². The number of hydrogen-bond acceptors (Lipinski definition) is 4. The number of hydrogen-bond donors (Lipinski definition) is 2. The summed E-state index contributed by atoms with van der Waals surface area (Å²) in [6.07, 6.45) is 0. The first-order valence-corrected chi connectivity index (χ1v) is 9.47. The van der Waals surface area contributed by atoms with E-state index in [1.165, 1.54) is 11.3 Å². The summed E-state index contributed by atoms with van der Waals surface area (Å²) in [7, 11) is 0. The molecular formula is C18H20BrN3OS. The maximum Gasteiger partial charge on any atom is 0.135 e. The molecule has 2 aromatic rings. The van der Waals surface area contributed by atoms with Gasteiger partial charge in [0.2, 0.25) is 0 Å². The Labute approximate surface area is 154 Å². The molecule has 0 unspecified atom stereocenters. The number of thiazole rings is 1. The first-order valence-electron chi connectivity index (χ1n) is 7.86. The molecule has 0 aliphatic carbocycles. The minimum absolute atomic E-state index is 0.247. The first-order chi connectivity index (χ1) is 11.4. The predicted molar refractivity (Wildman–Crippen MR) is 104 cm³/mol. The molecule has 0 atom stereocenters. The van der Waals surface area contributed by atoms with Crippen molar-refractivity contribution in [2.24, 2.45) is 5.92 Å². The van der Waals surface area contributed by atoms with Crippen LogP contribution in [0.1, 0.15) is 23.7 Å². The van der Waals surface area contributed by atoms with Crippen LogP contribution in [0.4, 0.5) is 0 Å². The molecule has 0 radical (unpaired) electrons. The van der Waals surface area contributed by atoms with Crippen molar-refractivity contribution in [1.29, 1.82) is 5.41 Å². The van der Waals surface area contributed by atoms with E-state index in [1.807, 2.05) is 36.1 Å². The van der Waals surface area contributed by atoms with E-state index in [0.29, 0.717) is 23.9 Å². The zero-order valence-corrected chi connectivity index (χ0v) is 16.3. The summed E-state index contributed by atoms with van der Waals surface area (Å²) in [6.45, 7) is 7.42. The number of halogens is 1. The molecule has 2 heterocycles. The van der Waals surface area contributed by atoms with Crippen LogP contribution in [-0.4, -0.2) is 33.9 Å². The molecule has 1 aliphatic rings. The van der Waals surface area contributed by atoms with Gasteiger partial charge in [-0.15, -0.1) is 11.3 Å². The summed E-state index contributed by atoms with van der Waals surface area (Å²) >= 11 is 4.98. The summed E-state index contributed by atoms with van der Waals surface area (Å²) in [6, 6.07) is 8.03. The minimum atomic E-state index is 0.247. The van der Waals surface area contributed by atoms with Crippen LogP contribution in [0.3, 0.4) is 0 Å². The lowest BCUT2D eigenvalue weighted by Crippen LogP contribution is -2.30. The summed E-state index contributed by atoms with van der Waals surface area (Å²) in [5.74, 6) is 1.06. The molecule has 0 bridgehead atoms. The number of rotatable bonds is 4. The van der Waals surface area contributed by atoms with Crippen molar-refractivity contribution in [3.63, 3.8) is 0 Å². The number of aliphatic hydroxyl groups excluding tert-OH is 1.